The first-order chi connectivity index (χ1) is 16.7. The molecule has 5 rings (SSSR count). The van der Waals surface area contributed by atoms with Crippen molar-refractivity contribution in [3.63, 3.8) is 0 Å². The van der Waals surface area contributed by atoms with Crippen LogP contribution in [0.5, 0.6) is 5.75 Å². The Balaban J connectivity index is 1.47. The number of carbonyl (C=O) groups is 1. The molecule has 2 heterocycles. The number of fused-ring (bicyclic) bond motifs is 1. The molecule has 7 heteroatoms. The number of hydrogen-bond donors (Lipinski definition) is 1. The number of ether oxygens (including phenoxy) is 1. The number of rotatable bonds is 6. The van der Waals surface area contributed by atoms with E-state index in [0.717, 1.165) is 26.9 Å². The largest absolute Gasteiger partial charge is 0.412 e. The Morgan fingerprint density at radius 2 is 1.62 bits per heavy atom. The van der Waals surface area contributed by atoms with Gasteiger partial charge in [-0.2, -0.15) is 5.10 Å². The molecule has 0 spiro atoms. The first-order valence-corrected chi connectivity index (χ1v) is 11.7. The second-order valence-corrected chi connectivity index (χ2v) is 8.78. The molecule has 0 aliphatic rings. The number of nitrogens with one attached hydrogen (secondary N) is 1. The molecule has 6 nitrogen and oxygen atoms in total. The highest BCUT2D eigenvalue weighted by Crippen LogP contribution is 2.29. The van der Waals surface area contributed by atoms with Gasteiger partial charge in [0.25, 0.3) is 0 Å². The van der Waals surface area contributed by atoms with E-state index in [9.17, 15) is 4.79 Å². The molecule has 0 atom stereocenters. The van der Waals surface area contributed by atoms with Gasteiger partial charge in [0.2, 0.25) is 0 Å². The Morgan fingerprint density at radius 1 is 0.912 bits per heavy atom. The molecule has 1 N–H and O–H groups in total. The minimum absolute atomic E-state index is 0.211. The maximum Gasteiger partial charge on any atom is 0.412 e. The van der Waals surface area contributed by atoms with Gasteiger partial charge in [-0.1, -0.05) is 78.0 Å². The molecule has 0 saturated heterocycles. The molecule has 0 radical (unpaired) electrons. The molecule has 3 aromatic carbocycles. The van der Waals surface area contributed by atoms with Crippen molar-refractivity contribution in [2.45, 2.75) is 23.4 Å². The minimum Gasteiger partial charge on any atom is -0.410 e. The number of amides is 1. The molecule has 34 heavy (non-hydrogen) atoms. The number of para-hydroxylation sites is 1. The van der Waals surface area contributed by atoms with Crippen molar-refractivity contribution in [2.24, 2.45) is 0 Å². The molecule has 0 aliphatic heterocycles. The minimum atomic E-state index is -0.536. The second kappa shape index (κ2) is 9.80. The number of hydrogen-bond acceptors (Lipinski definition) is 5. The lowest BCUT2D eigenvalue weighted by Gasteiger charge is -2.09. The van der Waals surface area contributed by atoms with E-state index < -0.39 is 6.09 Å². The van der Waals surface area contributed by atoms with Crippen LogP contribution in [0.4, 0.5) is 4.79 Å². The van der Waals surface area contributed by atoms with Crippen LogP contribution in [0.3, 0.4) is 0 Å². The van der Waals surface area contributed by atoms with Gasteiger partial charge in [-0.25, -0.2) is 14.3 Å². The van der Waals surface area contributed by atoms with E-state index in [1.165, 1.54) is 5.56 Å². The van der Waals surface area contributed by atoms with Crippen molar-refractivity contribution in [2.75, 3.05) is 0 Å². The number of carbonyl (C=O) groups excluding carboxylic acids is 1. The van der Waals surface area contributed by atoms with Crippen LogP contribution in [0.15, 0.2) is 107 Å². The van der Waals surface area contributed by atoms with E-state index in [-0.39, 0.29) is 6.54 Å². The number of aromatic nitrogens is 3. The van der Waals surface area contributed by atoms with Crippen LogP contribution in [0.2, 0.25) is 0 Å². The van der Waals surface area contributed by atoms with Crippen molar-refractivity contribution < 1.29 is 9.53 Å². The highest BCUT2D eigenvalue weighted by molar-refractivity contribution is 7.99. The Bertz CT molecular complexity index is 1420. The van der Waals surface area contributed by atoms with E-state index >= 15 is 0 Å². The molecule has 0 unspecified atom stereocenters. The monoisotopic (exact) mass is 466 g/mol. The Hall–Kier alpha value is -4.10. The quantitative estimate of drug-likeness (QED) is 0.325. The molecule has 2 aromatic heterocycles. The van der Waals surface area contributed by atoms with Crippen molar-refractivity contribution in [3.05, 3.63) is 108 Å². The average molecular weight is 467 g/mol. The van der Waals surface area contributed by atoms with Crippen LogP contribution in [-0.4, -0.2) is 20.7 Å². The number of nitrogens with zero attached hydrogens (tertiary/aromatic N) is 3. The van der Waals surface area contributed by atoms with Gasteiger partial charge in [0.05, 0.1) is 17.9 Å². The summed E-state index contributed by atoms with van der Waals surface area (Å²) < 4.78 is 7.18. The fourth-order valence-corrected chi connectivity index (χ4v) is 4.31. The van der Waals surface area contributed by atoms with E-state index in [2.05, 4.69) is 5.32 Å². The number of benzene rings is 3. The highest BCUT2D eigenvalue weighted by Gasteiger charge is 2.17. The first kappa shape index (κ1) is 21.7. The van der Waals surface area contributed by atoms with Gasteiger partial charge in [0.1, 0.15) is 10.8 Å². The molecular formula is C27H22N4O2S. The Kier molecular flexibility index (Phi) is 6.27. The van der Waals surface area contributed by atoms with Gasteiger partial charge in [0.15, 0.2) is 5.65 Å². The summed E-state index contributed by atoms with van der Waals surface area (Å²) in [6, 6.07) is 31.1. The molecule has 1 amide bonds. The lowest BCUT2D eigenvalue weighted by Crippen LogP contribution is -2.27. The Morgan fingerprint density at radius 3 is 2.35 bits per heavy atom. The van der Waals surface area contributed by atoms with Crippen molar-refractivity contribution in [1.82, 2.24) is 19.9 Å². The zero-order valence-corrected chi connectivity index (χ0v) is 19.3. The van der Waals surface area contributed by atoms with Gasteiger partial charge < -0.3 is 10.1 Å². The third kappa shape index (κ3) is 4.94. The van der Waals surface area contributed by atoms with Crippen LogP contribution in [0.25, 0.3) is 16.9 Å². The summed E-state index contributed by atoms with van der Waals surface area (Å²) in [6.45, 7) is 2.26. The molecular weight excluding hydrogens is 444 g/mol. The van der Waals surface area contributed by atoms with Gasteiger partial charge >= 0.3 is 6.09 Å². The zero-order valence-electron chi connectivity index (χ0n) is 18.5. The summed E-state index contributed by atoms with van der Waals surface area (Å²) in [5.41, 5.74) is 4.38. The summed E-state index contributed by atoms with van der Waals surface area (Å²) in [4.78, 5) is 18.4. The predicted molar refractivity (Wildman–Crippen MR) is 133 cm³/mol. The highest BCUT2D eigenvalue weighted by atomic mass is 32.2. The summed E-state index contributed by atoms with van der Waals surface area (Å²) in [5, 5.41) is 8.50. The van der Waals surface area contributed by atoms with Crippen molar-refractivity contribution in [1.29, 1.82) is 0 Å². The van der Waals surface area contributed by atoms with Crippen molar-refractivity contribution >= 4 is 23.5 Å². The smallest absolute Gasteiger partial charge is 0.410 e. The van der Waals surface area contributed by atoms with Crippen molar-refractivity contribution in [3.8, 4) is 17.0 Å². The predicted octanol–water partition coefficient (Wildman–Crippen LogP) is 6.14. The third-order valence-electron chi connectivity index (χ3n) is 5.19. The van der Waals surface area contributed by atoms with Crippen LogP contribution >= 0.6 is 11.8 Å². The lowest BCUT2D eigenvalue weighted by molar-refractivity contribution is 0.200. The number of aryl methyl sites for hydroxylation is 1. The van der Waals surface area contributed by atoms with E-state index in [0.29, 0.717) is 11.4 Å². The van der Waals surface area contributed by atoms with Crippen LogP contribution in [0, 0.1) is 6.92 Å². The third-order valence-corrected chi connectivity index (χ3v) is 6.13. The van der Waals surface area contributed by atoms with Crippen LogP contribution in [-0.2, 0) is 6.54 Å². The molecule has 168 valence electrons. The molecule has 0 bridgehead atoms. The lowest BCUT2D eigenvalue weighted by atomic mass is 10.1. The zero-order chi connectivity index (χ0) is 23.3. The van der Waals surface area contributed by atoms with Crippen LogP contribution in [0.1, 0.15) is 11.3 Å². The van der Waals surface area contributed by atoms with Gasteiger partial charge in [0, 0.05) is 10.5 Å². The summed E-state index contributed by atoms with van der Waals surface area (Å²) in [7, 11) is 0. The summed E-state index contributed by atoms with van der Waals surface area (Å²) in [6.07, 6.45) is -0.536. The standard InChI is InChI=1S/C27H22N4O2S/c1-19-12-14-20(15-13-19)26-23(18-28-27(32)33-21-8-4-2-5-9-21)31-24(29-26)16-17-25(30-31)34-22-10-6-3-7-11-22/h2-17H,18H2,1H3,(H,28,32). The van der Waals surface area contributed by atoms with Crippen LogP contribution < -0.4 is 10.1 Å². The van der Waals surface area contributed by atoms with Gasteiger partial charge in [-0.3, -0.25) is 0 Å². The first-order valence-electron chi connectivity index (χ1n) is 10.8. The Labute approximate surface area is 201 Å². The normalized spacial score (nSPS) is 10.9. The average Bonchev–Trinajstić information content (AvgIpc) is 3.22. The SMILES string of the molecule is Cc1ccc(-c2nc3ccc(Sc4ccccc4)nn3c2CNC(=O)Oc2ccccc2)cc1. The summed E-state index contributed by atoms with van der Waals surface area (Å²) in [5.74, 6) is 0.483. The number of imidazole rings is 1. The fraction of sp³-hybridized carbons (Fsp3) is 0.0741. The molecule has 0 fully saturated rings. The fourth-order valence-electron chi connectivity index (χ4n) is 3.51. The van der Waals surface area contributed by atoms with Gasteiger partial charge in [-0.15, -0.1) is 0 Å². The molecule has 5 aromatic rings. The maximum absolute atomic E-state index is 12.5. The topological polar surface area (TPSA) is 68.5 Å². The second-order valence-electron chi connectivity index (χ2n) is 7.69. The van der Waals surface area contributed by atoms with E-state index in [1.54, 1.807) is 28.4 Å². The maximum atomic E-state index is 12.5. The molecule has 0 aliphatic carbocycles. The van der Waals surface area contributed by atoms with Gasteiger partial charge in [-0.05, 0) is 43.3 Å². The summed E-state index contributed by atoms with van der Waals surface area (Å²) >= 11 is 1.57. The van der Waals surface area contributed by atoms with E-state index in [4.69, 9.17) is 14.8 Å². The van der Waals surface area contributed by atoms with E-state index in [1.807, 2.05) is 91.9 Å². The molecule has 0 saturated carbocycles.